The van der Waals surface area contributed by atoms with Crippen LogP contribution < -0.4 is 5.32 Å². The van der Waals surface area contributed by atoms with E-state index in [-0.39, 0.29) is 24.9 Å². The molecule has 0 radical (unpaired) electrons. The van der Waals surface area contributed by atoms with Gasteiger partial charge in [-0.3, -0.25) is 4.79 Å². The van der Waals surface area contributed by atoms with Gasteiger partial charge >= 0.3 is 0 Å². The van der Waals surface area contributed by atoms with Gasteiger partial charge in [0.05, 0.1) is 6.61 Å². The fraction of sp³-hybridized carbons (Fsp3) is 0.200. The number of aromatic nitrogens is 1. The van der Waals surface area contributed by atoms with Crippen molar-refractivity contribution >= 4 is 11.6 Å². The minimum atomic E-state index is -0.313. The third-order valence-electron chi connectivity index (χ3n) is 3.79. The topological polar surface area (TPSA) is 64.4 Å². The molecule has 26 heavy (non-hydrogen) atoms. The fourth-order valence-corrected chi connectivity index (χ4v) is 2.44. The summed E-state index contributed by atoms with van der Waals surface area (Å²) in [6.45, 7) is 2.12. The SMILES string of the molecule is CCc1cccc(NC(=O)COCc2cc(-c3ccc(F)cc3)on2)c1. The molecule has 3 aromatic rings. The number of carbonyl (C=O) groups excluding carboxylic acids is 1. The van der Waals surface area contributed by atoms with Crippen LogP contribution in [0.5, 0.6) is 0 Å². The molecule has 0 atom stereocenters. The molecule has 0 saturated carbocycles. The Morgan fingerprint density at radius 3 is 2.77 bits per heavy atom. The highest BCUT2D eigenvalue weighted by molar-refractivity contribution is 5.91. The smallest absolute Gasteiger partial charge is 0.250 e. The van der Waals surface area contributed by atoms with E-state index in [0.29, 0.717) is 11.5 Å². The van der Waals surface area contributed by atoms with Gasteiger partial charge in [-0.25, -0.2) is 4.39 Å². The Kier molecular flexibility index (Phi) is 5.76. The van der Waals surface area contributed by atoms with Crippen molar-refractivity contribution in [3.8, 4) is 11.3 Å². The molecule has 5 nitrogen and oxygen atoms in total. The lowest BCUT2D eigenvalue weighted by Crippen LogP contribution is -2.18. The molecule has 0 bridgehead atoms. The Balaban J connectivity index is 1.48. The normalized spacial score (nSPS) is 10.7. The van der Waals surface area contributed by atoms with Crippen LogP contribution >= 0.6 is 0 Å². The molecule has 0 aliphatic heterocycles. The van der Waals surface area contributed by atoms with Crippen molar-refractivity contribution in [1.82, 2.24) is 5.16 Å². The van der Waals surface area contributed by atoms with Gasteiger partial charge in [-0.15, -0.1) is 0 Å². The van der Waals surface area contributed by atoms with E-state index in [1.807, 2.05) is 24.3 Å². The number of halogens is 1. The summed E-state index contributed by atoms with van der Waals surface area (Å²) in [5.74, 6) is -0.0303. The minimum Gasteiger partial charge on any atom is -0.365 e. The Morgan fingerprint density at radius 2 is 2.00 bits per heavy atom. The maximum absolute atomic E-state index is 12.9. The predicted molar refractivity (Wildman–Crippen MR) is 96.0 cm³/mol. The van der Waals surface area contributed by atoms with E-state index in [2.05, 4.69) is 17.4 Å². The van der Waals surface area contributed by atoms with Crippen LogP contribution in [0.1, 0.15) is 18.2 Å². The summed E-state index contributed by atoms with van der Waals surface area (Å²) in [5.41, 5.74) is 3.18. The monoisotopic (exact) mass is 354 g/mol. The number of carbonyl (C=O) groups is 1. The standard InChI is InChI=1S/C20H19FN2O3/c1-2-14-4-3-5-17(10-14)22-20(24)13-25-12-18-11-19(26-23-18)15-6-8-16(21)9-7-15/h3-11H,2,12-13H2,1H3,(H,22,24). The van der Waals surface area contributed by atoms with Gasteiger partial charge in [-0.1, -0.05) is 24.2 Å². The number of hydrogen-bond acceptors (Lipinski definition) is 4. The van der Waals surface area contributed by atoms with Crippen molar-refractivity contribution in [2.75, 3.05) is 11.9 Å². The highest BCUT2D eigenvalue weighted by atomic mass is 19.1. The molecule has 0 unspecified atom stereocenters. The molecular formula is C20H19FN2O3. The molecule has 0 fully saturated rings. The number of amides is 1. The van der Waals surface area contributed by atoms with E-state index in [1.54, 1.807) is 18.2 Å². The number of benzene rings is 2. The lowest BCUT2D eigenvalue weighted by molar-refractivity contribution is -0.121. The first kappa shape index (κ1) is 17.8. The fourth-order valence-electron chi connectivity index (χ4n) is 2.44. The van der Waals surface area contributed by atoms with Crippen molar-refractivity contribution in [3.05, 3.63) is 71.7 Å². The molecule has 1 aromatic heterocycles. The zero-order chi connectivity index (χ0) is 18.4. The second-order valence-electron chi connectivity index (χ2n) is 5.78. The van der Waals surface area contributed by atoms with Crippen LogP contribution in [0.2, 0.25) is 0 Å². The zero-order valence-electron chi connectivity index (χ0n) is 14.4. The molecule has 1 heterocycles. The first-order valence-corrected chi connectivity index (χ1v) is 8.32. The van der Waals surface area contributed by atoms with Gasteiger partial charge in [0.2, 0.25) is 5.91 Å². The molecule has 1 N–H and O–H groups in total. The number of nitrogens with zero attached hydrogens (tertiary/aromatic N) is 1. The summed E-state index contributed by atoms with van der Waals surface area (Å²) in [5, 5.41) is 6.69. The van der Waals surface area contributed by atoms with Crippen molar-refractivity contribution in [1.29, 1.82) is 0 Å². The third kappa shape index (κ3) is 4.77. The van der Waals surface area contributed by atoms with Gasteiger partial charge in [-0.05, 0) is 48.4 Å². The van der Waals surface area contributed by atoms with Gasteiger partial charge in [0, 0.05) is 17.3 Å². The third-order valence-corrected chi connectivity index (χ3v) is 3.79. The van der Waals surface area contributed by atoms with Gasteiger partial charge < -0.3 is 14.6 Å². The number of ether oxygens (including phenoxy) is 1. The molecule has 2 aromatic carbocycles. The van der Waals surface area contributed by atoms with E-state index in [0.717, 1.165) is 23.2 Å². The van der Waals surface area contributed by atoms with Crippen molar-refractivity contribution in [2.24, 2.45) is 0 Å². The Labute approximate surface area is 150 Å². The summed E-state index contributed by atoms with van der Waals surface area (Å²) in [6, 6.07) is 15.3. The highest BCUT2D eigenvalue weighted by Crippen LogP contribution is 2.20. The number of anilines is 1. The van der Waals surface area contributed by atoms with Gasteiger partial charge in [-0.2, -0.15) is 0 Å². The zero-order valence-corrected chi connectivity index (χ0v) is 14.4. The molecule has 0 aliphatic rings. The summed E-state index contributed by atoms with van der Waals surface area (Å²) in [6.07, 6.45) is 0.906. The maximum Gasteiger partial charge on any atom is 0.250 e. The van der Waals surface area contributed by atoms with Crippen LogP contribution in [0.3, 0.4) is 0 Å². The molecule has 134 valence electrons. The first-order chi connectivity index (χ1) is 12.6. The van der Waals surface area contributed by atoms with Gasteiger partial charge in [0.1, 0.15) is 18.1 Å². The first-order valence-electron chi connectivity index (χ1n) is 8.32. The van der Waals surface area contributed by atoms with E-state index in [4.69, 9.17) is 9.26 Å². The number of rotatable bonds is 7. The van der Waals surface area contributed by atoms with Crippen molar-refractivity contribution in [3.63, 3.8) is 0 Å². The van der Waals surface area contributed by atoms with Crippen molar-refractivity contribution < 1.29 is 18.4 Å². The summed E-state index contributed by atoms with van der Waals surface area (Å²) in [4.78, 5) is 11.9. The van der Waals surface area contributed by atoms with Crippen LogP contribution in [0.15, 0.2) is 59.1 Å². The molecule has 3 rings (SSSR count). The molecular weight excluding hydrogens is 335 g/mol. The predicted octanol–water partition coefficient (Wildman–Crippen LogP) is 4.20. The van der Waals surface area contributed by atoms with E-state index in [9.17, 15) is 9.18 Å². The largest absolute Gasteiger partial charge is 0.365 e. The summed E-state index contributed by atoms with van der Waals surface area (Å²) >= 11 is 0. The quantitative estimate of drug-likeness (QED) is 0.691. The minimum absolute atomic E-state index is 0.0882. The number of aryl methyl sites for hydroxylation is 1. The van der Waals surface area contributed by atoms with Gasteiger partial charge in [0.25, 0.3) is 0 Å². The lowest BCUT2D eigenvalue weighted by Gasteiger charge is -2.06. The molecule has 0 spiro atoms. The highest BCUT2D eigenvalue weighted by Gasteiger charge is 2.09. The Hall–Kier alpha value is -2.99. The summed E-state index contributed by atoms with van der Waals surface area (Å²) in [7, 11) is 0. The number of nitrogens with one attached hydrogen (secondary N) is 1. The average Bonchev–Trinajstić information content (AvgIpc) is 3.11. The van der Waals surface area contributed by atoms with E-state index < -0.39 is 0 Å². The molecule has 6 heteroatoms. The summed E-state index contributed by atoms with van der Waals surface area (Å²) < 4.78 is 23.5. The Bertz CT molecular complexity index is 875. The van der Waals surface area contributed by atoms with Crippen molar-refractivity contribution in [2.45, 2.75) is 20.0 Å². The second-order valence-corrected chi connectivity index (χ2v) is 5.78. The molecule has 0 aliphatic carbocycles. The maximum atomic E-state index is 12.9. The van der Waals surface area contributed by atoms with Crippen LogP contribution in [-0.4, -0.2) is 17.7 Å². The van der Waals surface area contributed by atoms with Crippen LogP contribution in [0.25, 0.3) is 11.3 Å². The molecule has 1 amide bonds. The van der Waals surface area contributed by atoms with E-state index >= 15 is 0 Å². The van der Waals surface area contributed by atoms with Crippen LogP contribution in [0, 0.1) is 5.82 Å². The molecule has 0 saturated heterocycles. The lowest BCUT2D eigenvalue weighted by atomic mass is 10.1. The average molecular weight is 354 g/mol. The second kappa shape index (κ2) is 8.40. The van der Waals surface area contributed by atoms with E-state index in [1.165, 1.54) is 12.1 Å². The van der Waals surface area contributed by atoms with Gasteiger partial charge in [0.15, 0.2) is 5.76 Å². The van der Waals surface area contributed by atoms with Crippen LogP contribution in [0.4, 0.5) is 10.1 Å². The van der Waals surface area contributed by atoms with Crippen LogP contribution in [-0.2, 0) is 22.6 Å². The Morgan fingerprint density at radius 1 is 1.19 bits per heavy atom. The number of hydrogen-bond donors (Lipinski definition) is 1.